The minimum absolute atomic E-state index is 0.204. The quantitative estimate of drug-likeness (QED) is 0.148. The van der Waals surface area contributed by atoms with Gasteiger partial charge in [0.1, 0.15) is 41.1 Å². The third kappa shape index (κ3) is 6.75. The van der Waals surface area contributed by atoms with Gasteiger partial charge in [-0.2, -0.15) is 4.31 Å². The molecule has 5 aromatic rings. The lowest BCUT2D eigenvalue weighted by atomic mass is 10.1. The van der Waals surface area contributed by atoms with E-state index in [2.05, 4.69) is 36.2 Å². The van der Waals surface area contributed by atoms with Crippen LogP contribution in [-0.4, -0.2) is 39.5 Å². The summed E-state index contributed by atoms with van der Waals surface area (Å²) in [4.78, 5) is 13.3. The molecule has 44 heavy (non-hydrogen) atoms. The molecular formula is C31H30BrF2N5O3S2. The monoisotopic (exact) mass is 701 g/mol. The van der Waals surface area contributed by atoms with Crippen LogP contribution in [0.5, 0.6) is 5.75 Å². The van der Waals surface area contributed by atoms with Gasteiger partial charge in [0.05, 0.1) is 27.0 Å². The first-order valence-electron chi connectivity index (χ1n) is 13.8. The van der Waals surface area contributed by atoms with Crippen LogP contribution in [-0.2, 0) is 16.6 Å². The number of anilines is 2. The summed E-state index contributed by atoms with van der Waals surface area (Å²) in [6.45, 7) is 7.36. The van der Waals surface area contributed by atoms with Crippen molar-refractivity contribution in [3.8, 4) is 17.0 Å². The first-order valence-corrected chi connectivity index (χ1v) is 17.0. The fourth-order valence-corrected chi connectivity index (χ4v) is 7.55. The molecule has 1 unspecified atom stereocenters. The number of thiazole rings is 1. The molecule has 0 saturated heterocycles. The fraction of sp³-hybridized carbons (Fsp3) is 0.258. The largest absolute Gasteiger partial charge is 0.488 e. The SMILES string of the molecule is CCN(C(C)c1nc(-c2cc3c(Nc4ccc(OCc5cccc(F)c5)c(Br)c4)ncnc3cc2F)cs1)S(=O)(=O)C(C)C. The topological polar surface area (TPSA) is 97.3 Å². The molecule has 0 saturated carbocycles. The summed E-state index contributed by atoms with van der Waals surface area (Å²) in [6.07, 6.45) is 1.35. The fourth-order valence-electron chi connectivity index (χ4n) is 4.67. The van der Waals surface area contributed by atoms with Crippen LogP contribution in [0.3, 0.4) is 0 Å². The molecule has 1 N–H and O–H groups in total. The Balaban J connectivity index is 1.40. The van der Waals surface area contributed by atoms with Gasteiger partial charge in [0.15, 0.2) is 0 Å². The van der Waals surface area contributed by atoms with E-state index in [4.69, 9.17) is 4.74 Å². The highest BCUT2D eigenvalue weighted by Crippen LogP contribution is 2.36. The Hall–Kier alpha value is -3.52. The van der Waals surface area contributed by atoms with E-state index in [9.17, 15) is 12.8 Å². The minimum atomic E-state index is -3.51. The van der Waals surface area contributed by atoms with E-state index in [0.29, 0.717) is 55.4 Å². The van der Waals surface area contributed by atoms with E-state index < -0.39 is 27.1 Å². The van der Waals surface area contributed by atoms with Gasteiger partial charge < -0.3 is 10.1 Å². The Kier molecular flexibility index (Phi) is 9.59. The van der Waals surface area contributed by atoms with E-state index in [1.54, 1.807) is 57.3 Å². The van der Waals surface area contributed by atoms with Crippen molar-refractivity contribution < 1.29 is 21.9 Å². The maximum absolute atomic E-state index is 15.3. The molecule has 2 aromatic heterocycles. The van der Waals surface area contributed by atoms with Gasteiger partial charge >= 0.3 is 0 Å². The number of ether oxygens (including phenoxy) is 1. The molecule has 230 valence electrons. The smallest absolute Gasteiger partial charge is 0.217 e. The number of aromatic nitrogens is 3. The molecule has 0 spiro atoms. The van der Waals surface area contributed by atoms with E-state index in [1.165, 1.54) is 40.2 Å². The highest BCUT2D eigenvalue weighted by Gasteiger charge is 2.31. The Labute approximate surface area is 267 Å². The summed E-state index contributed by atoms with van der Waals surface area (Å²) in [5.74, 6) is 0.208. The van der Waals surface area contributed by atoms with Gasteiger partial charge in [0.25, 0.3) is 0 Å². The molecule has 0 amide bonds. The van der Waals surface area contributed by atoms with Gasteiger partial charge in [-0.25, -0.2) is 32.2 Å². The van der Waals surface area contributed by atoms with E-state index >= 15 is 4.39 Å². The molecule has 2 heterocycles. The van der Waals surface area contributed by atoms with Crippen LogP contribution in [0.25, 0.3) is 22.2 Å². The van der Waals surface area contributed by atoms with Crippen LogP contribution < -0.4 is 10.1 Å². The van der Waals surface area contributed by atoms with Crippen LogP contribution in [0.2, 0.25) is 0 Å². The van der Waals surface area contributed by atoms with E-state index in [1.807, 2.05) is 12.1 Å². The highest BCUT2D eigenvalue weighted by molar-refractivity contribution is 9.10. The Bertz CT molecular complexity index is 1920. The maximum Gasteiger partial charge on any atom is 0.217 e. The average Bonchev–Trinajstić information content (AvgIpc) is 3.47. The molecule has 0 bridgehead atoms. The number of nitrogens with one attached hydrogen (secondary N) is 1. The maximum atomic E-state index is 15.3. The standard InChI is InChI=1S/C31H30BrF2N5O3S2/c1-5-39(44(40,41)18(2)3)19(4)31-38-28(16-43-31)23-13-24-27(14-26(23)34)35-17-36-30(24)37-22-9-10-29(25(32)12-22)42-15-20-7-6-8-21(33)11-20/h6-14,16-19H,5,15H2,1-4H3,(H,35,36,37). The second-order valence-electron chi connectivity index (χ2n) is 10.3. The Morgan fingerprint density at radius 2 is 1.86 bits per heavy atom. The lowest BCUT2D eigenvalue weighted by Gasteiger charge is -2.27. The molecule has 8 nitrogen and oxygen atoms in total. The number of rotatable bonds is 11. The zero-order valence-corrected chi connectivity index (χ0v) is 27.6. The number of halogens is 3. The molecule has 0 aliphatic heterocycles. The number of nitrogens with zero attached hydrogens (tertiary/aromatic N) is 4. The molecular weight excluding hydrogens is 672 g/mol. The zero-order chi connectivity index (χ0) is 31.6. The Morgan fingerprint density at radius 3 is 2.57 bits per heavy atom. The summed E-state index contributed by atoms with van der Waals surface area (Å²) in [5, 5.41) is 5.56. The summed E-state index contributed by atoms with van der Waals surface area (Å²) in [5.41, 5.74) is 2.45. The predicted octanol–water partition coefficient (Wildman–Crippen LogP) is 8.24. The Morgan fingerprint density at radius 1 is 1.07 bits per heavy atom. The molecule has 0 fully saturated rings. The van der Waals surface area contributed by atoms with Gasteiger partial charge in [-0.15, -0.1) is 11.3 Å². The van der Waals surface area contributed by atoms with Crippen molar-refractivity contribution in [2.24, 2.45) is 0 Å². The molecule has 1 atom stereocenters. The molecule has 3 aromatic carbocycles. The summed E-state index contributed by atoms with van der Waals surface area (Å²) in [7, 11) is -3.51. The van der Waals surface area contributed by atoms with Crippen molar-refractivity contribution in [2.45, 2.75) is 45.6 Å². The van der Waals surface area contributed by atoms with E-state index in [-0.39, 0.29) is 18.0 Å². The first-order chi connectivity index (χ1) is 21.0. The predicted molar refractivity (Wildman–Crippen MR) is 174 cm³/mol. The highest BCUT2D eigenvalue weighted by atomic mass is 79.9. The number of sulfonamides is 1. The lowest BCUT2D eigenvalue weighted by molar-refractivity contribution is 0.303. The van der Waals surface area contributed by atoms with Crippen molar-refractivity contribution in [1.29, 1.82) is 0 Å². The lowest BCUT2D eigenvalue weighted by Crippen LogP contribution is -2.38. The molecule has 0 aliphatic rings. The second-order valence-corrected chi connectivity index (χ2v) is 14.5. The normalized spacial score (nSPS) is 12.7. The molecule has 5 rings (SSSR count). The second kappa shape index (κ2) is 13.2. The minimum Gasteiger partial charge on any atom is -0.488 e. The molecule has 0 radical (unpaired) electrons. The van der Waals surface area contributed by atoms with Gasteiger partial charge in [-0.05, 0) is 78.7 Å². The number of hydrogen-bond donors (Lipinski definition) is 1. The van der Waals surface area contributed by atoms with Crippen molar-refractivity contribution in [1.82, 2.24) is 19.3 Å². The third-order valence-corrected chi connectivity index (χ3v) is 11.1. The van der Waals surface area contributed by atoms with Gasteiger partial charge in [0, 0.05) is 34.6 Å². The van der Waals surface area contributed by atoms with Crippen LogP contribution in [0, 0.1) is 11.6 Å². The van der Waals surface area contributed by atoms with E-state index in [0.717, 1.165) is 0 Å². The summed E-state index contributed by atoms with van der Waals surface area (Å²) < 4.78 is 62.6. The van der Waals surface area contributed by atoms with Gasteiger partial charge in [0.2, 0.25) is 10.0 Å². The van der Waals surface area contributed by atoms with Crippen molar-refractivity contribution in [3.63, 3.8) is 0 Å². The zero-order valence-electron chi connectivity index (χ0n) is 24.4. The number of fused-ring (bicyclic) bond motifs is 1. The van der Waals surface area contributed by atoms with Crippen LogP contribution >= 0.6 is 27.3 Å². The van der Waals surface area contributed by atoms with Crippen molar-refractivity contribution in [2.75, 3.05) is 11.9 Å². The van der Waals surface area contributed by atoms with Gasteiger partial charge in [-0.3, -0.25) is 0 Å². The van der Waals surface area contributed by atoms with Crippen LogP contribution in [0.1, 0.15) is 44.3 Å². The molecule has 0 aliphatic carbocycles. The van der Waals surface area contributed by atoms with Crippen LogP contribution in [0.4, 0.5) is 20.3 Å². The third-order valence-electron chi connectivity index (χ3n) is 7.02. The summed E-state index contributed by atoms with van der Waals surface area (Å²) in [6, 6.07) is 14.1. The number of benzene rings is 3. The van der Waals surface area contributed by atoms with Crippen molar-refractivity contribution >= 4 is 59.7 Å². The number of hydrogen-bond acceptors (Lipinski definition) is 8. The average molecular weight is 703 g/mol. The molecule has 13 heteroatoms. The first kappa shape index (κ1) is 31.9. The van der Waals surface area contributed by atoms with Crippen LogP contribution in [0.15, 0.2) is 70.8 Å². The van der Waals surface area contributed by atoms with Gasteiger partial charge in [-0.1, -0.05) is 19.1 Å². The summed E-state index contributed by atoms with van der Waals surface area (Å²) >= 11 is 4.81. The van der Waals surface area contributed by atoms with Crippen molar-refractivity contribution in [3.05, 3.63) is 93.0 Å².